The van der Waals surface area contributed by atoms with Crippen molar-refractivity contribution >= 4 is 34.6 Å². The van der Waals surface area contributed by atoms with Crippen LogP contribution in [0.2, 0.25) is 0 Å². The molecule has 2 N–H and O–H groups in total. The zero-order chi connectivity index (χ0) is 26.9. The minimum absolute atomic E-state index is 0.256. The molecule has 10 heteroatoms. The van der Waals surface area contributed by atoms with Crippen molar-refractivity contribution < 1.29 is 23.8 Å². The van der Waals surface area contributed by atoms with Crippen LogP contribution in [0.15, 0.2) is 36.5 Å². The quantitative estimate of drug-likeness (QED) is 0.399. The summed E-state index contributed by atoms with van der Waals surface area (Å²) >= 11 is 0. The number of rotatable bonds is 3. The molecule has 196 valence electrons. The van der Waals surface area contributed by atoms with Crippen LogP contribution in [0, 0.1) is 0 Å². The van der Waals surface area contributed by atoms with Crippen LogP contribution in [0.25, 0.3) is 11.2 Å². The average molecular weight is 508 g/mol. The number of benzene rings is 1. The highest BCUT2D eigenvalue weighted by molar-refractivity contribution is 6.16. The van der Waals surface area contributed by atoms with Crippen molar-refractivity contribution in [2.24, 2.45) is 0 Å². The molecule has 0 fully saturated rings. The standard InChI is InChI=1S/C27H33N5O5/c1-8-18(26(34)37-27(4,5)6)21-12-23-30-20-11-17(9-10-22(20)35-7)14-36-16(3)15(2)29-25(33)19-13-28-32(21)24(19)31-23/h8-13,15-16H,14H2,1-7H3,(H,29,33)(H,30,31)/b18-8+/t15-,16?/m0/s1. The number of fused-ring (bicyclic) bond motifs is 3. The van der Waals surface area contributed by atoms with E-state index >= 15 is 0 Å². The van der Waals surface area contributed by atoms with Crippen LogP contribution in [0.1, 0.15) is 63.2 Å². The summed E-state index contributed by atoms with van der Waals surface area (Å²) in [6.07, 6.45) is 2.85. The third kappa shape index (κ3) is 5.59. The van der Waals surface area contributed by atoms with Gasteiger partial charge in [0.2, 0.25) is 0 Å². The van der Waals surface area contributed by atoms with Gasteiger partial charge in [0.25, 0.3) is 5.91 Å². The van der Waals surface area contributed by atoms with Gasteiger partial charge in [-0.3, -0.25) is 4.79 Å². The first kappa shape index (κ1) is 26.2. The number of carbonyl (C=O) groups excluding carboxylic acids is 2. The van der Waals surface area contributed by atoms with Gasteiger partial charge in [-0.25, -0.2) is 14.3 Å². The lowest BCUT2D eigenvalue weighted by atomic mass is 10.1. The molecule has 2 atom stereocenters. The fourth-order valence-corrected chi connectivity index (χ4v) is 3.94. The van der Waals surface area contributed by atoms with Crippen LogP contribution < -0.4 is 15.4 Å². The number of aromatic nitrogens is 3. The number of nitrogens with zero attached hydrogens (tertiary/aromatic N) is 3. The Bertz CT molecular complexity index is 1370. The minimum atomic E-state index is -0.690. The van der Waals surface area contributed by atoms with Crippen LogP contribution >= 0.6 is 0 Å². The summed E-state index contributed by atoms with van der Waals surface area (Å²) in [5.41, 5.74) is 2.15. The molecule has 2 aromatic heterocycles. The second-order valence-corrected chi connectivity index (χ2v) is 9.96. The molecule has 0 saturated carbocycles. The van der Waals surface area contributed by atoms with Crippen molar-refractivity contribution in [1.82, 2.24) is 19.9 Å². The molecule has 0 aliphatic carbocycles. The fraction of sp³-hybridized carbons (Fsp3) is 0.407. The molecule has 4 bridgehead atoms. The summed E-state index contributed by atoms with van der Waals surface area (Å²) < 4.78 is 18.7. The van der Waals surface area contributed by atoms with Crippen LogP contribution in [-0.4, -0.2) is 51.3 Å². The largest absolute Gasteiger partial charge is 0.495 e. The monoisotopic (exact) mass is 507 g/mol. The number of amides is 1. The zero-order valence-corrected chi connectivity index (χ0v) is 22.2. The average Bonchev–Trinajstić information content (AvgIpc) is 3.25. The normalized spacial score (nSPS) is 18.7. The molecule has 3 aromatic rings. The third-order valence-corrected chi connectivity index (χ3v) is 6.00. The predicted molar refractivity (Wildman–Crippen MR) is 140 cm³/mol. The Kier molecular flexibility index (Phi) is 7.22. The van der Waals surface area contributed by atoms with E-state index in [9.17, 15) is 9.59 Å². The van der Waals surface area contributed by atoms with Gasteiger partial charge in [-0.15, -0.1) is 0 Å². The number of nitrogens with one attached hydrogen (secondary N) is 2. The molecule has 0 saturated heterocycles. The van der Waals surface area contributed by atoms with E-state index in [1.165, 1.54) is 10.7 Å². The lowest BCUT2D eigenvalue weighted by Crippen LogP contribution is -2.41. The van der Waals surface area contributed by atoms with Crippen LogP contribution in [0.4, 0.5) is 11.5 Å². The Morgan fingerprint density at radius 2 is 2.00 bits per heavy atom. The Morgan fingerprint density at radius 1 is 1.24 bits per heavy atom. The predicted octanol–water partition coefficient (Wildman–Crippen LogP) is 4.26. The summed E-state index contributed by atoms with van der Waals surface area (Å²) in [7, 11) is 1.58. The van der Waals surface area contributed by atoms with Crippen molar-refractivity contribution in [3.63, 3.8) is 0 Å². The number of anilines is 2. The van der Waals surface area contributed by atoms with Gasteiger partial charge in [0, 0.05) is 6.07 Å². The first-order chi connectivity index (χ1) is 17.5. The maximum Gasteiger partial charge on any atom is 0.340 e. The Hall–Kier alpha value is -3.92. The van der Waals surface area contributed by atoms with E-state index in [0.29, 0.717) is 29.6 Å². The number of ether oxygens (including phenoxy) is 3. The fourth-order valence-electron chi connectivity index (χ4n) is 3.94. The Balaban J connectivity index is 1.93. The molecule has 1 amide bonds. The molecule has 0 spiro atoms. The first-order valence-corrected chi connectivity index (χ1v) is 12.2. The van der Waals surface area contributed by atoms with Gasteiger partial charge in [-0.05, 0) is 59.2 Å². The van der Waals surface area contributed by atoms with Gasteiger partial charge in [0.05, 0.1) is 49.0 Å². The molecule has 4 rings (SSSR count). The van der Waals surface area contributed by atoms with Crippen molar-refractivity contribution in [1.29, 1.82) is 0 Å². The third-order valence-electron chi connectivity index (χ3n) is 6.00. The second kappa shape index (κ2) is 10.2. The smallest absolute Gasteiger partial charge is 0.340 e. The van der Waals surface area contributed by atoms with Gasteiger partial charge in [-0.2, -0.15) is 5.10 Å². The van der Waals surface area contributed by atoms with Gasteiger partial charge in [0.1, 0.15) is 22.7 Å². The molecule has 1 aromatic carbocycles. The molecule has 1 aliphatic heterocycles. The van der Waals surface area contributed by atoms with Crippen LogP contribution in [0.5, 0.6) is 5.75 Å². The minimum Gasteiger partial charge on any atom is -0.495 e. The van der Waals surface area contributed by atoms with Crippen LogP contribution in [0.3, 0.4) is 0 Å². The number of allylic oxidation sites excluding steroid dienone is 1. The van der Waals surface area contributed by atoms with E-state index in [4.69, 9.17) is 19.2 Å². The maximum absolute atomic E-state index is 13.3. The summed E-state index contributed by atoms with van der Waals surface area (Å²) in [6, 6.07) is 7.11. The Labute approximate surface area is 216 Å². The van der Waals surface area contributed by atoms with Crippen molar-refractivity contribution in [2.45, 2.75) is 65.9 Å². The highest BCUT2D eigenvalue weighted by Gasteiger charge is 2.26. The van der Waals surface area contributed by atoms with Crippen molar-refractivity contribution in [2.75, 3.05) is 12.4 Å². The summed E-state index contributed by atoms with van der Waals surface area (Å²) in [5.74, 6) is 0.143. The lowest BCUT2D eigenvalue weighted by molar-refractivity contribution is -0.147. The number of methoxy groups -OCH3 is 1. The number of hydrogen-bond donors (Lipinski definition) is 2. The van der Waals surface area contributed by atoms with E-state index in [-0.39, 0.29) is 34.8 Å². The molecule has 10 nitrogen and oxygen atoms in total. The summed E-state index contributed by atoms with van der Waals surface area (Å²) in [5, 5.41) is 10.7. The van der Waals surface area contributed by atoms with Gasteiger partial charge in [0.15, 0.2) is 5.65 Å². The van der Waals surface area contributed by atoms with E-state index < -0.39 is 11.6 Å². The highest BCUT2D eigenvalue weighted by Crippen LogP contribution is 2.31. The van der Waals surface area contributed by atoms with Crippen molar-refractivity contribution in [3.8, 4) is 5.75 Å². The van der Waals surface area contributed by atoms with E-state index in [0.717, 1.165) is 5.56 Å². The molecule has 1 unspecified atom stereocenters. The van der Waals surface area contributed by atoms with Crippen molar-refractivity contribution in [3.05, 3.63) is 53.4 Å². The highest BCUT2D eigenvalue weighted by atomic mass is 16.6. The van der Waals surface area contributed by atoms with Gasteiger partial charge >= 0.3 is 5.97 Å². The van der Waals surface area contributed by atoms with Crippen LogP contribution in [-0.2, 0) is 20.9 Å². The zero-order valence-electron chi connectivity index (χ0n) is 22.2. The topological polar surface area (TPSA) is 116 Å². The molecule has 0 radical (unpaired) electrons. The molecular formula is C27H33N5O5. The van der Waals surface area contributed by atoms with E-state index in [1.807, 2.05) is 32.0 Å². The molecule has 37 heavy (non-hydrogen) atoms. The number of esters is 1. The number of carbonyl (C=O) groups is 2. The summed E-state index contributed by atoms with van der Waals surface area (Å²) in [6.45, 7) is 11.3. The summed E-state index contributed by atoms with van der Waals surface area (Å²) in [4.78, 5) is 31.1. The molecule has 3 heterocycles. The number of hydrogen-bond acceptors (Lipinski definition) is 8. The molecular weight excluding hydrogens is 474 g/mol. The van der Waals surface area contributed by atoms with E-state index in [2.05, 4.69) is 15.7 Å². The second-order valence-electron chi connectivity index (χ2n) is 9.96. The van der Waals surface area contributed by atoms with E-state index in [1.54, 1.807) is 46.9 Å². The van der Waals surface area contributed by atoms with Gasteiger partial charge in [-0.1, -0.05) is 12.1 Å². The first-order valence-electron chi connectivity index (χ1n) is 12.2. The lowest BCUT2D eigenvalue weighted by Gasteiger charge is -2.23. The Morgan fingerprint density at radius 3 is 2.68 bits per heavy atom. The SMILES string of the molecule is C/C=C(/C(=O)OC(C)(C)C)c1cc2nc3c(cnn13)C(=O)N[C@@H](C)C(C)OCc1ccc(OC)c(c1)N2. The molecule has 1 aliphatic rings. The maximum atomic E-state index is 13.3. The van der Waals surface area contributed by atoms with Gasteiger partial charge < -0.3 is 24.8 Å².